The Morgan fingerprint density at radius 3 is 2.00 bits per heavy atom. The van der Waals surface area contributed by atoms with E-state index in [1.165, 1.54) is 0 Å². The van der Waals surface area contributed by atoms with Crippen LogP contribution in [0.25, 0.3) is 10.9 Å². The average molecular weight is 321 g/mol. The van der Waals surface area contributed by atoms with Crippen molar-refractivity contribution in [3.63, 3.8) is 0 Å². The minimum atomic E-state index is -4.67. The summed E-state index contributed by atoms with van der Waals surface area (Å²) in [4.78, 5) is 4.03. The van der Waals surface area contributed by atoms with Crippen LogP contribution < -0.4 is 0 Å². The molecule has 0 unspecified atom stereocenters. The molecule has 0 saturated carbocycles. The van der Waals surface area contributed by atoms with Crippen molar-refractivity contribution in [1.29, 1.82) is 0 Å². The number of aromatic nitrogens is 1. The van der Waals surface area contributed by atoms with Gasteiger partial charge < -0.3 is 5.11 Å². The zero-order valence-electron chi connectivity index (χ0n) is 9.98. The number of nitrogens with zero attached hydrogens (tertiary/aromatic N) is 1. The minimum Gasteiger partial charge on any atom is -0.506 e. The Bertz CT molecular complexity index is 577. The second-order valence-electron chi connectivity index (χ2n) is 2.80. The van der Waals surface area contributed by atoms with Crippen LogP contribution in [0.2, 0.25) is 0 Å². The number of para-hydroxylation sites is 1. The summed E-state index contributed by atoms with van der Waals surface area (Å²) in [6.07, 6.45) is 1.67. The molecule has 0 aliphatic rings. The third-order valence-corrected chi connectivity index (χ3v) is 1.61. The maximum absolute atomic E-state index is 9.31. The number of hydrogen-bond acceptors (Lipinski definition) is 4. The first-order valence-corrected chi connectivity index (χ1v) is 5.50. The van der Waals surface area contributed by atoms with Gasteiger partial charge >= 0.3 is 10.4 Å². The molecule has 2 rings (SSSR count). The van der Waals surface area contributed by atoms with Crippen molar-refractivity contribution in [2.45, 2.75) is 0 Å². The Morgan fingerprint density at radius 2 is 1.50 bits per heavy atom. The van der Waals surface area contributed by atoms with E-state index >= 15 is 0 Å². The smallest absolute Gasteiger partial charge is 0.394 e. The molecule has 0 amide bonds. The Hall–Kier alpha value is 1.57. The summed E-state index contributed by atoms with van der Waals surface area (Å²) in [7, 11) is -4.67. The van der Waals surface area contributed by atoms with Crippen LogP contribution in [-0.4, -0.2) is 130 Å². The number of aromatic hydroxyl groups is 1. The monoisotopic (exact) mass is 321 g/mol. The van der Waals surface area contributed by atoms with E-state index in [1.807, 2.05) is 18.2 Å². The van der Waals surface area contributed by atoms with Crippen molar-refractivity contribution < 1.29 is 22.6 Å². The van der Waals surface area contributed by atoms with Gasteiger partial charge in [-0.1, -0.05) is 18.2 Å². The number of phenolic OH excluding ortho intramolecular Hbond substituents is 1. The van der Waals surface area contributed by atoms with Gasteiger partial charge in [-0.05, 0) is 12.1 Å². The number of fused-ring (bicyclic) bond motifs is 1. The summed E-state index contributed by atoms with van der Waals surface area (Å²) >= 11 is 0. The van der Waals surface area contributed by atoms with Gasteiger partial charge in [0.15, 0.2) is 0 Å². The van der Waals surface area contributed by atoms with Gasteiger partial charge in [-0.3, -0.25) is 14.1 Å². The Labute approximate surface area is 190 Å². The van der Waals surface area contributed by atoms with Gasteiger partial charge in [0.05, 0.1) is 0 Å². The van der Waals surface area contributed by atoms with Crippen LogP contribution in [0.1, 0.15) is 0 Å². The van der Waals surface area contributed by atoms with Crippen molar-refractivity contribution in [2.75, 3.05) is 0 Å². The van der Waals surface area contributed by atoms with E-state index in [9.17, 15) is 5.11 Å². The number of pyridine rings is 1. The van der Waals surface area contributed by atoms with Crippen molar-refractivity contribution in [3.05, 3.63) is 36.5 Å². The van der Waals surface area contributed by atoms with E-state index in [0.717, 1.165) is 5.39 Å². The van der Waals surface area contributed by atoms with Crippen LogP contribution >= 0.6 is 0 Å². The van der Waals surface area contributed by atoms with Gasteiger partial charge in [0.2, 0.25) is 0 Å². The van der Waals surface area contributed by atoms with Gasteiger partial charge in [-0.2, -0.15) is 8.42 Å². The standard InChI is InChI=1S/C9H7NO.2K.H2O4S/c11-8-5-1-3-7-4-2-6-10-9(7)8;;;1-5(2,3)4/h1-6,11H;;;(H2,1,2,3,4). The largest absolute Gasteiger partial charge is 0.506 e. The fraction of sp³-hybridized carbons (Fsp3) is 0. The Balaban J connectivity index is 0. The summed E-state index contributed by atoms with van der Waals surface area (Å²) in [5.74, 6) is 0.239. The number of hydrogen-bond donors (Lipinski definition) is 3. The van der Waals surface area contributed by atoms with Gasteiger partial charge in [0.1, 0.15) is 11.3 Å². The van der Waals surface area contributed by atoms with Crippen molar-refractivity contribution in [3.8, 4) is 5.75 Å². The summed E-state index contributed by atoms with van der Waals surface area (Å²) in [5.41, 5.74) is 0.662. The van der Waals surface area contributed by atoms with Crippen LogP contribution in [0.4, 0.5) is 0 Å². The van der Waals surface area contributed by atoms with E-state index in [2.05, 4.69) is 4.98 Å². The number of rotatable bonds is 0. The van der Waals surface area contributed by atoms with E-state index < -0.39 is 10.4 Å². The molecule has 0 aliphatic carbocycles. The molecule has 1 heterocycles. The summed E-state index contributed by atoms with van der Waals surface area (Å²) < 4.78 is 31.6. The molecule has 88 valence electrons. The molecule has 6 nitrogen and oxygen atoms in total. The fourth-order valence-electron chi connectivity index (χ4n) is 1.09. The van der Waals surface area contributed by atoms with Gasteiger partial charge in [-0.15, -0.1) is 0 Å². The first-order chi connectivity index (χ1) is 7.38. The molecule has 1 aromatic carbocycles. The average Bonchev–Trinajstić information content (AvgIpc) is 2.16. The van der Waals surface area contributed by atoms with Gasteiger partial charge in [0.25, 0.3) is 0 Å². The Morgan fingerprint density at radius 1 is 1.00 bits per heavy atom. The van der Waals surface area contributed by atoms with Crippen LogP contribution in [0, 0.1) is 0 Å². The zero-order chi connectivity index (χ0) is 12.2. The topological polar surface area (TPSA) is 108 Å². The number of benzene rings is 1. The molecule has 0 fully saturated rings. The van der Waals surface area contributed by atoms with Gasteiger partial charge in [0, 0.05) is 114 Å². The third-order valence-electron chi connectivity index (χ3n) is 1.61. The number of phenols is 1. The maximum Gasteiger partial charge on any atom is 0.394 e. The quantitative estimate of drug-likeness (QED) is 0.482. The van der Waals surface area contributed by atoms with Crippen molar-refractivity contribution in [2.24, 2.45) is 0 Å². The van der Waals surface area contributed by atoms with E-state index in [-0.39, 0.29) is 109 Å². The molecule has 2 radical (unpaired) electrons. The summed E-state index contributed by atoms with van der Waals surface area (Å²) in [6.45, 7) is 0. The third kappa shape index (κ3) is 9.47. The summed E-state index contributed by atoms with van der Waals surface area (Å²) in [5, 5.41) is 10.3. The normalized spacial score (nSPS) is 9.44. The molecule has 18 heavy (non-hydrogen) atoms. The first-order valence-electron chi connectivity index (χ1n) is 4.10. The van der Waals surface area contributed by atoms with Crippen LogP contribution in [0.5, 0.6) is 5.75 Å². The minimum absolute atomic E-state index is 0. The molecule has 3 N–H and O–H groups in total. The SMILES string of the molecule is O=S(=O)(O)O.Oc1cccc2cccnc12.[K].[K]. The van der Waals surface area contributed by atoms with Crippen molar-refractivity contribution >= 4 is 124 Å². The Kier molecular flexibility index (Phi) is 12.5. The van der Waals surface area contributed by atoms with Crippen LogP contribution in [0.3, 0.4) is 0 Å². The molecular formula is C9H9K2NO5S. The molecular weight excluding hydrogens is 312 g/mol. The van der Waals surface area contributed by atoms with E-state index in [4.69, 9.17) is 17.5 Å². The van der Waals surface area contributed by atoms with Crippen LogP contribution in [-0.2, 0) is 10.4 Å². The second-order valence-corrected chi connectivity index (χ2v) is 3.70. The molecule has 9 heteroatoms. The predicted molar refractivity (Wildman–Crippen MR) is 69.1 cm³/mol. The first kappa shape index (κ1) is 21.9. The second kappa shape index (κ2) is 10.3. The van der Waals surface area contributed by atoms with Crippen LogP contribution in [0.15, 0.2) is 36.5 Å². The molecule has 0 bridgehead atoms. The zero-order valence-corrected chi connectivity index (χ0v) is 17.0. The molecule has 1 aromatic heterocycles. The molecule has 2 aromatic rings. The fourth-order valence-corrected chi connectivity index (χ4v) is 1.09. The molecule has 0 saturated heterocycles. The molecule has 0 aliphatic heterocycles. The van der Waals surface area contributed by atoms with Crippen molar-refractivity contribution in [1.82, 2.24) is 4.98 Å². The van der Waals surface area contributed by atoms with Gasteiger partial charge in [-0.25, -0.2) is 0 Å². The molecule has 0 spiro atoms. The summed E-state index contributed by atoms with van der Waals surface area (Å²) in [6, 6.07) is 9.13. The maximum atomic E-state index is 9.31. The molecule has 0 atom stereocenters. The van der Waals surface area contributed by atoms with E-state index in [0.29, 0.717) is 5.52 Å². The predicted octanol–water partition coefficient (Wildman–Crippen LogP) is 0.526. The van der Waals surface area contributed by atoms with E-state index in [1.54, 1.807) is 18.3 Å².